The van der Waals surface area contributed by atoms with Crippen molar-refractivity contribution in [3.05, 3.63) is 126 Å². The zero-order valence-electron chi connectivity index (χ0n) is 18.6. The largest absolute Gasteiger partial charge is 0.488 e. The molecule has 4 aromatic rings. The van der Waals surface area contributed by atoms with Crippen LogP contribution in [0.3, 0.4) is 0 Å². The molecule has 0 heterocycles. The highest BCUT2D eigenvalue weighted by Crippen LogP contribution is 2.23. The second-order valence-corrected chi connectivity index (χ2v) is 7.85. The Bertz CT molecular complexity index is 1160. The number of carbonyl (C=O) groups excluding carboxylic acids is 1. The molecule has 0 aliphatic carbocycles. The Balaban J connectivity index is 1.49. The number of para-hydroxylation sites is 1. The summed E-state index contributed by atoms with van der Waals surface area (Å²) in [5.74, 6) is 0.490. The van der Waals surface area contributed by atoms with E-state index in [0.717, 1.165) is 16.7 Å². The van der Waals surface area contributed by atoms with Gasteiger partial charge in [0.05, 0.1) is 5.56 Å². The van der Waals surface area contributed by atoms with Gasteiger partial charge in [-0.1, -0.05) is 97.1 Å². The second-order valence-electron chi connectivity index (χ2n) is 7.85. The third-order valence-corrected chi connectivity index (χ3v) is 5.48. The summed E-state index contributed by atoms with van der Waals surface area (Å²) >= 11 is 0. The van der Waals surface area contributed by atoms with Crippen LogP contribution < -0.4 is 10.5 Å². The molecular weight excluding hydrogens is 408 g/mol. The van der Waals surface area contributed by atoms with E-state index in [4.69, 9.17) is 10.5 Å². The topological polar surface area (TPSA) is 55.6 Å². The average Bonchev–Trinajstić information content (AvgIpc) is 2.88. The van der Waals surface area contributed by atoms with E-state index >= 15 is 0 Å². The molecule has 0 radical (unpaired) electrons. The molecule has 0 saturated carbocycles. The van der Waals surface area contributed by atoms with Crippen LogP contribution in [0.5, 0.6) is 5.75 Å². The molecule has 0 saturated heterocycles. The van der Waals surface area contributed by atoms with Crippen molar-refractivity contribution in [1.82, 2.24) is 4.90 Å². The van der Waals surface area contributed by atoms with Crippen LogP contribution in [-0.4, -0.2) is 23.9 Å². The summed E-state index contributed by atoms with van der Waals surface area (Å²) < 4.78 is 6.01. The third-order valence-electron chi connectivity index (χ3n) is 5.48. The zero-order valence-corrected chi connectivity index (χ0v) is 18.6. The van der Waals surface area contributed by atoms with Crippen LogP contribution in [-0.2, 0) is 13.2 Å². The van der Waals surface area contributed by atoms with E-state index in [-0.39, 0.29) is 5.91 Å². The fraction of sp³-hybridized carbons (Fsp3) is 0.138. The predicted octanol–water partition coefficient (Wildman–Crippen LogP) is 5.53. The standard InChI is InChI=1S/C29H28N2O2/c30-19-20-31(21-23-15-17-26(18-16-23)25-11-5-2-6-12-25)29(32)27-13-7-8-14-28(27)33-22-24-9-3-1-4-10-24/h1-18H,19-22,30H2. The summed E-state index contributed by atoms with van der Waals surface area (Å²) in [4.78, 5) is 15.2. The van der Waals surface area contributed by atoms with Gasteiger partial charge in [-0.15, -0.1) is 0 Å². The van der Waals surface area contributed by atoms with Crippen LogP contribution >= 0.6 is 0 Å². The molecule has 0 aliphatic heterocycles. The van der Waals surface area contributed by atoms with Gasteiger partial charge >= 0.3 is 0 Å². The molecule has 166 valence electrons. The van der Waals surface area contributed by atoms with Gasteiger partial charge in [-0.25, -0.2) is 0 Å². The van der Waals surface area contributed by atoms with Gasteiger partial charge in [-0.05, 0) is 34.4 Å². The number of nitrogens with zero attached hydrogens (tertiary/aromatic N) is 1. The van der Waals surface area contributed by atoms with Crippen molar-refractivity contribution in [3.63, 3.8) is 0 Å². The molecule has 4 nitrogen and oxygen atoms in total. The first-order valence-corrected chi connectivity index (χ1v) is 11.1. The van der Waals surface area contributed by atoms with Gasteiger partial charge in [-0.3, -0.25) is 4.79 Å². The monoisotopic (exact) mass is 436 g/mol. The molecule has 4 rings (SSSR count). The lowest BCUT2D eigenvalue weighted by atomic mass is 10.0. The maximum atomic E-state index is 13.5. The molecule has 1 amide bonds. The minimum Gasteiger partial charge on any atom is -0.488 e. The molecule has 33 heavy (non-hydrogen) atoms. The molecule has 2 N–H and O–H groups in total. The number of carbonyl (C=O) groups is 1. The van der Waals surface area contributed by atoms with E-state index in [1.807, 2.05) is 72.8 Å². The maximum Gasteiger partial charge on any atom is 0.257 e. The van der Waals surface area contributed by atoms with Crippen molar-refractivity contribution in [2.24, 2.45) is 5.73 Å². The van der Waals surface area contributed by atoms with Crippen LogP contribution in [0.2, 0.25) is 0 Å². The van der Waals surface area contributed by atoms with Gasteiger partial charge in [0.2, 0.25) is 0 Å². The zero-order chi connectivity index (χ0) is 22.9. The Hall–Kier alpha value is -3.89. The highest BCUT2D eigenvalue weighted by molar-refractivity contribution is 5.97. The highest BCUT2D eigenvalue weighted by atomic mass is 16.5. The summed E-state index contributed by atoms with van der Waals surface area (Å²) in [5.41, 5.74) is 10.8. The molecular formula is C29H28N2O2. The molecule has 0 unspecified atom stereocenters. The van der Waals surface area contributed by atoms with Crippen LogP contribution in [0.25, 0.3) is 11.1 Å². The van der Waals surface area contributed by atoms with E-state index in [1.165, 1.54) is 5.56 Å². The Morgan fingerprint density at radius 2 is 1.30 bits per heavy atom. The van der Waals surface area contributed by atoms with Crippen LogP contribution in [0.1, 0.15) is 21.5 Å². The number of hydrogen-bond donors (Lipinski definition) is 1. The van der Waals surface area contributed by atoms with Crippen LogP contribution in [0, 0.1) is 0 Å². The predicted molar refractivity (Wildman–Crippen MR) is 133 cm³/mol. The summed E-state index contributed by atoms with van der Waals surface area (Å²) in [7, 11) is 0. The lowest BCUT2D eigenvalue weighted by Crippen LogP contribution is -2.35. The second kappa shape index (κ2) is 11.1. The lowest BCUT2D eigenvalue weighted by Gasteiger charge is -2.23. The average molecular weight is 437 g/mol. The third kappa shape index (κ3) is 5.88. The Morgan fingerprint density at radius 3 is 2.00 bits per heavy atom. The highest BCUT2D eigenvalue weighted by Gasteiger charge is 2.19. The normalized spacial score (nSPS) is 10.6. The van der Waals surface area contributed by atoms with E-state index < -0.39 is 0 Å². The van der Waals surface area contributed by atoms with Gasteiger partial charge in [0.15, 0.2) is 0 Å². The number of nitrogens with two attached hydrogens (primary N) is 1. The Kier molecular flexibility index (Phi) is 7.52. The number of amides is 1. The van der Waals surface area contributed by atoms with Gasteiger partial charge in [0, 0.05) is 19.6 Å². The Labute approximate surface area is 195 Å². The van der Waals surface area contributed by atoms with Crippen molar-refractivity contribution in [3.8, 4) is 16.9 Å². The lowest BCUT2D eigenvalue weighted by molar-refractivity contribution is 0.0743. The number of ether oxygens (including phenoxy) is 1. The summed E-state index contributed by atoms with van der Waals surface area (Å²) in [6.45, 7) is 1.74. The van der Waals surface area contributed by atoms with Gasteiger partial charge in [-0.2, -0.15) is 0 Å². The number of rotatable bonds is 9. The van der Waals surface area contributed by atoms with Crippen molar-refractivity contribution >= 4 is 5.91 Å². The van der Waals surface area contributed by atoms with Gasteiger partial charge in [0.25, 0.3) is 5.91 Å². The fourth-order valence-electron chi connectivity index (χ4n) is 3.74. The summed E-state index contributed by atoms with van der Waals surface area (Å²) in [6.07, 6.45) is 0. The molecule has 0 aliphatic rings. The maximum absolute atomic E-state index is 13.5. The van der Waals surface area contributed by atoms with E-state index in [0.29, 0.717) is 37.6 Å². The molecule has 0 bridgehead atoms. The smallest absolute Gasteiger partial charge is 0.257 e. The van der Waals surface area contributed by atoms with Crippen LogP contribution in [0.4, 0.5) is 0 Å². The molecule has 0 fully saturated rings. The summed E-state index contributed by atoms with van der Waals surface area (Å²) in [5, 5.41) is 0. The van der Waals surface area contributed by atoms with E-state index in [1.54, 1.807) is 4.90 Å². The number of benzene rings is 4. The van der Waals surface area contributed by atoms with E-state index in [2.05, 4.69) is 36.4 Å². The molecule has 0 aromatic heterocycles. The van der Waals surface area contributed by atoms with Crippen LogP contribution in [0.15, 0.2) is 109 Å². The van der Waals surface area contributed by atoms with Gasteiger partial charge in [0.1, 0.15) is 12.4 Å². The van der Waals surface area contributed by atoms with E-state index in [9.17, 15) is 4.79 Å². The van der Waals surface area contributed by atoms with Gasteiger partial charge < -0.3 is 15.4 Å². The quantitative estimate of drug-likeness (QED) is 0.375. The fourth-order valence-corrected chi connectivity index (χ4v) is 3.74. The first-order valence-electron chi connectivity index (χ1n) is 11.1. The molecule has 4 heteroatoms. The Morgan fingerprint density at radius 1 is 0.697 bits per heavy atom. The molecule has 0 spiro atoms. The summed E-state index contributed by atoms with van der Waals surface area (Å²) in [6, 6.07) is 35.9. The SMILES string of the molecule is NCCN(Cc1ccc(-c2ccccc2)cc1)C(=O)c1ccccc1OCc1ccccc1. The van der Waals surface area contributed by atoms with Crippen molar-refractivity contribution in [1.29, 1.82) is 0 Å². The first kappa shape index (κ1) is 22.3. The molecule has 4 aromatic carbocycles. The minimum absolute atomic E-state index is 0.0868. The minimum atomic E-state index is -0.0868. The van der Waals surface area contributed by atoms with Crippen molar-refractivity contribution in [2.75, 3.05) is 13.1 Å². The van der Waals surface area contributed by atoms with Crippen molar-refractivity contribution in [2.45, 2.75) is 13.2 Å². The van der Waals surface area contributed by atoms with Crippen molar-refractivity contribution < 1.29 is 9.53 Å². The first-order chi connectivity index (χ1) is 16.2. The molecule has 0 atom stereocenters. The number of hydrogen-bond acceptors (Lipinski definition) is 3.